The van der Waals surface area contributed by atoms with Crippen LogP contribution in [0.4, 0.5) is 5.69 Å². The van der Waals surface area contributed by atoms with Gasteiger partial charge in [-0.15, -0.1) is 0 Å². The summed E-state index contributed by atoms with van der Waals surface area (Å²) < 4.78 is 24.7. The molecule has 0 aliphatic rings. The summed E-state index contributed by atoms with van der Waals surface area (Å²) in [7, 11) is -3.46. The number of aryl methyl sites for hydroxylation is 2. The summed E-state index contributed by atoms with van der Waals surface area (Å²) in [5, 5.41) is 2.89. The molecule has 0 bridgehead atoms. The number of hydrogen-bond donors (Lipinski definition) is 1. The highest BCUT2D eigenvalue weighted by Gasteiger charge is 2.18. The molecule has 0 heterocycles. The van der Waals surface area contributed by atoms with Gasteiger partial charge >= 0.3 is 0 Å². The van der Waals surface area contributed by atoms with Gasteiger partial charge in [0.05, 0.1) is 10.6 Å². The van der Waals surface area contributed by atoms with Gasteiger partial charge in [-0.2, -0.15) is 0 Å². The van der Waals surface area contributed by atoms with Gasteiger partial charge in [-0.1, -0.05) is 49.7 Å². The van der Waals surface area contributed by atoms with Crippen molar-refractivity contribution in [3.63, 3.8) is 0 Å². The molecule has 25 heavy (non-hydrogen) atoms. The van der Waals surface area contributed by atoms with E-state index in [1.807, 2.05) is 32.0 Å². The Morgan fingerprint density at radius 3 is 2.28 bits per heavy atom. The van der Waals surface area contributed by atoms with E-state index >= 15 is 0 Å². The Kier molecular flexibility index (Phi) is 6.01. The molecule has 0 radical (unpaired) electrons. The van der Waals surface area contributed by atoms with Crippen molar-refractivity contribution < 1.29 is 13.2 Å². The Hall–Kier alpha value is -2.14. The molecule has 5 heteroatoms. The van der Waals surface area contributed by atoms with Gasteiger partial charge in [0.2, 0.25) is 5.91 Å². The smallest absolute Gasteiger partial charge is 0.225 e. The third-order valence-corrected chi connectivity index (χ3v) is 5.90. The molecule has 0 aliphatic carbocycles. The van der Waals surface area contributed by atoms with E-state index in [0.29, 0.717) is 0 Å². The molecule has 0 spiro atoms. The maximum atomic E-state index is 12.4. The number of nitrogens with one attached hydrogen (secondary N) is 1. The van der Waals surface area contributed by atoms with Gasteiger partial charge < -0.3 is 5.32 Å². The van der Waals surface area contributed by atoms with E-state index in [-0.39, 0.29) is 28.9 Å². The van der Waals surface area contributed by atoms with Crippen LogP contribution in [0.15, 0.2) is 47.4 Å². The average molecular weight is 359 g/mol. The Balaban J connectivity index is 2.08. The van der Waals surface area contributed by atoms with Gasteiger partial charge in [-0.25, -0.2) is 8.42 Å². The highest BCUT2D eigenvalue weighted by atomic mass is 32.2. The van der Waals surface area contributed by atoms with Crippen LogP contribution in [-0.2, 0) is 14.6 Å². The fraction of sp³-hybridized carbons (Fsp3) is 0.350. The lowest BCUT2D eigenvalue weighted by atomic mass is 9.98. The largest absolute Gasteiger partial charge is 0.326 e. The molecule has 2 rings (SSSR count). The monoisotopic (exact) mass is 359 g/mol. The number of para-hydroxylation sites is 1. The van der Waals surface area contributed by atoms with Gasteiger partial charge in [0, 0.05) is 12.1 Å². The molecule has 0 fully saturated rings. The number of carbonyl (C=O) groups excluding carboxylic acids is 1. The molecule has 0 saturated carbocycles. The molecular weight excluding hydrogens is 334 g/mol. The van der Waals surface area contributed by atoms with Crippen LogP contribution in [0.1, 0.15) is 42.9 Å². The van der Waals surface area contributed by atoms with Crippen LogP contribution in [0.2, 0.25) is 0 Å². The Morgan fingerprint density at radius 1 is 1.04 bits per heavy atom. The van der Waals surface area contributed by atoms with Crippen LogP contribution in [0.25, 0.3) is 0 Å². The number of rotatable bonds is 6. The predicted octanol–water partition coefficient (Wildman–Crippen LogP) is 4.23. The Bertz CT molecular complexity index is 853. The molecule has 0 unspecified atom stereocenters. The van der Waals surface area contributed by atoms with E-state index in [9.17, 15) is 13.2 Å². The normalized spacial score (nSPS) is 11.6. The van der Waals surface area contributed by atoms with Crippen molar-refractivity contribution in [2.24, 2.45) is 0 Å². The van der Waals surface area contributed by atoms with Crippen molar-refractivity contribution in [1.29, 1.82) is 0 Å². The van der Waals surface area contributed by atoms with Crippen LogP contribution in [0.5, 0.6) is 0 Å². The second-order valence-electron chi connectivity index (χ2n) is 6.62. The first kappa shape index (κ1) is 19.2. The number of carbonyl (C=O) groups is 1. The third kappa shape index (κ3) is 4.92. The van der Waals surface area contributed by atoms with Crippen molar-refractivity contribution in [2.45, 2.75) is 44.9 Å². The van der Waals surface area contributed by atoms with E-state index in [4.69, 9.17) is 0 Å². The van der Waals surface area contributed by atoms with Gasteiger partial charge in [0.25, 0.3) is 0 Å². The molecule has 4 nitrogen and oxygen atoms in total. The summed E-state index contributed by atoms with van der Waals surface area (Å²) in [4.78, 5) is 12.6. The van der Waals surface area contributed by atoms with E-state index in [1.165, 1.54) is 0 Å². The fourth-order valence-electron chi connectivity index (χ4n) is 2.63. The van der Waals surface area contributed by atoms with Crippen LogP contribution in [-0.4, -0.2) is 20.1 Å². The molecule has 134 valence electrons. The van der Waals surface area contributed by atoms with Crippen molar-refractivity contribution in [2.75, 3.05) is 11.1 Å². The molecular formula is C20H25NO3S. The summed E-state index contributed by atoms with van der Waals surface area (Å²) in [6.07, 6.45) is -0.0674. The predicted molar refractivity (Wildman–Crippen MR) is 102 cm³/mol. The number of anilines is 1. The Morgan fingerprint density at radius 2 is 1.68 bits per heavy atom. The topological polar surface area (TPSA) is 63.2 Å². The summed E-state index contributed by atoms with van der Waals surface area (Å²) in [5.41, 5.74) is 3.81. The van der Waals surface area contributed by atoms with Gasteiger partial charge in [-0.05, 0) is 43.0 Å². The molecule has 0 atom stereocenters. The second-order valence-corrected chi connectivity index (χ2v) is 8.73. The summed E-state index contributed by atoms with van der Waals surface area (Å²) >= 11 is 0. The van der Waals surface area contributed by atoms with Crippen molar-refractivity contribution in [3.05, 3.63) is 59.2 Å². The van der Waals surface area contributed by atoms with Crippen LogP contribution in [0, 0.1) is 13.8 Å². The lowest BCUT2D eigenvalue weighted by Gasteiger charge is -2.16. The number of amides is 1. The van der Waals surface area contributed by atoms with Crippen LogP contribution < -0.4 is 5.32 Å². The summed E-state index contributed by atoms with van der Waals surface area (Å²) in [5.74, 6) is -0.219. The minimum Gasteiger partial charge on any atom is -0.326 e. The molecule has 0 saturated heterocycles. The minimum absolute atomic E-state index is 0.0674. The molecule has 1 amide bonds. The van der Waals surface area contributed by atoms with Crippen LogP contribution >= 0.6 is 0 Å². The van der Waals surface area contributed by atoms with Crippen molar-refractivity contribution >= 4 is 21.4 Å². The van der Waals surface area contributed by atoms with Crippen LogP contribution in [0.3, 0.4) is 0 Å². The van der Waals surface area contributed by atoms with E-state index in [1.54, 1.807) is 24.3 Å². The van der Waals surface area contributed by atoms with E-state index in [2.05, 4.69) is 19.2 Å². The maximum Gasteiger partial charge on any atom is 0.225 e. The highest BCUT2D eigenvalue weighted by Crippen LogP contribution is 2.27. The zero-order valence-electron chi connectivity index (χ0n) is 15.2. The fourth-order valence-corrected chi connectivity index (χ4v) is 3.88. The highest BCUT2D eigenvalue weighted by molar-refractivity contribution is 7.91. The van der Waals surface area contributed by atoms with E-state index in [0.717, 1.165) is 22.4 Å². The summed E-state index contributed by atoms with van der Waals surface area (Å²) in [6.45, 7) is 7.96. The van der Waals surface area contributed by atoms with Crippen molar-refractivity contribution in [3.8, 4) is 0 Å². The molecule has 2 aromatic carbocycles. The first-order chi connectivity index (χ1) is 11.7. The summed E-state index contributed by atoms with van der Waals surface area (Å²) in [6, 6.07) is 12.6. The van der Waals surface area contributed by atoms with Gasteiger partial charge in [-0.3, -0.25) is 4.79 Å². The Labute approximate surface area is 150 Å². The molecule has 2 aromatic rings. The minimum atomic E-state index is -3.46. The number of hydrogen-bond acceptors (Lipinski definition) is 3. The number of sulfone groups is 1. The molecule has 0 aromatic heterocycles. The zero-order valence-corrected chi connectivity index (χ0v) is 16.0. The third-order valence-electron chi connectivity index (χ3n) is 4.17. The SMILES string of the molecule is Cc1ccc(S(=O)(=O)CCC(=O)Nc2c(C)cccc2C(C)C)cc1. The number of benzene rings is 2. The molecule has 0 aliphatic heterocycles. The van der Waals surface area contributed by atoms with E-state index < -0.39 is 9.84 Å². The van der Waals surface area contributed by atoms with Gasteiger partial charge in [0.1, 0.15) is 0 Å². The quantitative estimate of drug-likeness (QED) is 0.839. The van der Waals surface area contributed by atoms with Gasteiger partial charge in [0.15, 0.2) is 9.84 Å². The first-order valence-electron chi connectivity index (χ1n) is 8.39. The lowest BCUT2D eigenvalue weighted by Crippen LogP contribution is -2.19. The standard InChI is InChI=1S/C20H25NO3S/c1-14(2)18-7-5-6-16(4)20(18)21-19(22)12-13-25(23,24)17-10-8-15(3)9-11-17/h5-11,14H,12-13H2,1-4H3,(H,21,22). The zero-order chi connectivity index (χ0) is 18.6. The van der Waals surface area contributed by atoms with Crippen molar-refractivity contribution in [1.82, 2.24) is 0 Å². The average Bonchev–Trinajstić information content (AvgIpc) is 2.55. The second kappa shape index (κ2) is 7.83. The molecule has 1 N–H and O–H groups in total. The first-order valence-corrected chi connectivity index (χ1v) is 10.0. The maximum absolute atomic E-state index is 12.4. The lowest BCUT2D eigenvalue weighted by molar-refractivity contribution is -0.115.